The first-order valence-electron chi connectivity index (χ1n) is 3.88. The van der Waals surface area contributed by atoms with Gasteiger partial charge in [-0.25, -0.2) is 0 Å². The molecule has 1 atom stereocenters. The van der Waals surface area contributed by atoms with Crippen LogP contribution in [0.3, 0.4) is 0 Å². The van der Waals surface area contributed by atoms with Gasteiger partial charge in [0.1, 0.15) is 0 Å². The van der Waals surface area contributed by atoms with Crippen molar-refractivity contribution in [2.45, 2.75) is 13.0 Å². The Morgan fingerprint density at radius 3 is 3.00 bits per heavy atom. The van der Waals surface area contributed by atoms with Crippen LogP contribution >= 0.6 is 15.9 Å². The van der Waals surface area contributed by atoms with Crippen molar-refractivity contribution in [3.8, 4) is 0 Å². The summed E-state index contributed by atoms with van der Waals surface area (Å²) in [5.74, 6) is -0.182. The second-order valence-corrected chi connectivity index (χ2v) is 3.52. The minimum atomic E-state index is -0.182. The molecule has 1 amide bonds. The van der Waals surface area contributed by atoms with Crippen molar-refractivity contribution in [2.75, 3.05) is 6.54 Å². The SMILES string of the molecule is CC(N)CNC(=O)c1ccoc1Br. The minimum Gasteiger partial charge on any atom is -0.457 e. The van der Waals surface area contributed by atoms with Crippen LogP contribution in [0.25, 0.3) is 0 Å². The normalized spacial score (nSPS) is 12.5. The molecule has 0 aliphatic carbocycles. The molecule has 0 spiro atoms. The van der Waals surface area contributed by atoms with E-state index in [0.717, 1.165) is 0 Å². The maximum absolute atomic E-state index is 11.4. The lowest BCUT2D eigenvalue weighted by Gasteiger charge is -2.05. The molecule has 4 nitrogen and oxygen atoms in total. The lowest BCUT2D eigenvalue weighted by atomic mass is 10.3. The van der Waals surface area contributed by atoms with Gasteiger partial charge in [0.15, 0.2) is 4.67 Å². The molecular formula is C8H11BrN2O2. The van der Waals surface area contributed by atoms with Crippen LogP contribution in [0.1, 0.15) is 17.3 Å². The zero-order chi connectivity index (χ0) is 9.84. The fourth-order valence-corrected chi connectivity index (χ4v) is 1.22. The van der Waals surface area contributed by atoms with Crippen LogP contribution in [-0.2, 0) is 0 Å². The van der Waals surface area contributed by atoms with Crippen LogP contribution in [0.4, 0.5) is 0 Å². The Labute approximate surface area is 84.6 Å². The number of nitrogens with two attached hydrogens (primary N) is 1. The largest absolute Gasteiger partial charge is 0.457 e. The van der Waals surface area contributed by atoms with Gasteiger partial charge in [-0.05, 0) is 28.9 Å². The Kier molecular flexibility index (Phi) is 3.50. The molecule has 0 aromatic carbocycles. The summed E-state index contributed by atoms with van der Waals surface area (Å²) >= 11 is 3.12. The van der Waals surface area contributed by atoms with Crippen LogP contribution in [0, 0.1) is 0 Å². The van der Waals surface area contributed by atoms with Gasteiger partial charge in [-0.2, -0.15) is 0 Å². The van der Waals surface area contributed by atoms with Gasteiger partial charge in [-0.15, -0.1) is 0 Å². The number of nitrogens with one attached hydrogen (secondary N) is 1. The first kappa shape index (κ1) is 10.3. The van der Waals surface area contributed by atoms with Crippen LogP contribution in [0.2, 0.25) is 0 Å². The predicted molar refractivity (Wildman–Crippen MR) is 52.4 cm³/mol. The highest BCUT2D eigenvalue weighted by molar-refractivity contribution is 9.10. The summed E-state index contributed by atoms with van der Waals surface area (Å²) in [5.41, 5.74) is 5.97. The molecule has 0 bridgehead atoms. The molecule has 5 heteroatoms. The minimum absolute atomic E-state index is 0.0466. The Balaban J connectivity index is 2.54. The number of carbonyl (C=O) groups is 1. The maximum Gasteiger partial charge on any atom is 0.255 e. The van der Waals surface area contributed by atoms with E-state index in [-0.39, 0.29) is 11.9 Å². The van der Waals surface area contributed by atoms with E-state index in [1.807, 2.05) is 6.92 Å². The molecule has 0 aliphatic rings. The molecule has 13 heavy (non-hydrogen) atoms. The molecule has 1 rings (SSSR count). The third kappa shape index (κ3) is 2.86. The summed E-state index contributed by atoms with van der Waals surface area (Å²) in [6, 6.07) is 1.55. The lowest BCUT2D eigenvalue weighted by Crippen LogP contribution is -2.35. The summed E-state index contributed by atoms with van der Waals surface area (Å²) in [4.78, 5) is 11.4. The van der Waals surface area contributed by atoms with Crippen LogP contribution in [0.15, 0.2) is 21.4 Å². The lowest BCUT2D eigenvalue weighted by molar-refractivity contribution is 0.0950. The fourth-order valence-electron chi connectivity index (χ4n) is 0.805. The van der Waals surface area contributed by atoms with Crippen LogP contribution < -0.4 is 11.1 Å². The van der Waals surface area contributed by atoms with Crippen molar-refractivity contribution >= 4 is 21.8 Å². The molecule has 3 N–H and O–H groups in total. The second kappa shape index (κ2) is 4.43. The number of rotatable bonds is 3. The monoisotopic (exact) mass is 246 g/mol. The summed E-state index contributed by atoms with van der Waals surface area (Å²) in [5, 5.41) is 2.67. The highest BCUT2D eigenvalue weighted by Gasteiger charge is 2.11. The maximum atomic E-state index is 11.4. The smallest absolute Gasteiger partial charge is 0.255 e. The van der Waals surface area contributed by atoms with Crippen molar-refractivity contribution in [1.29, 1.82) is 0 Å². The Bertz CT molecular complexity index is 296. The van der Waals surface area contributed by atoms with Crippen molar-refractivity contribution in [3.63, 3.8) is 0 Å². The number of amides is 1. The third-order valence-corrected chi connectivity index (χ3v) is 2.06. The van der Waals surface area contributed by atoms with Gasteiger partial charge >= 0.3 is 0 Å². The molecule has 0 saturated carbocycles. The summed E-state index contributed by atoms with van der Waals surface area (Å²) in [6.45, 7) is 2.28. The second-order valence-electron chi connectivity index (χ2n) is 2.80. The Morgan fingerprint density at radius 1 is 1.85 bits per heavy atom. The zero-order valence-electron chi connectivity index (χ0n) is 7.21. The number of furan rings is 1. The van der Waals surface area contributed by atoms with E-state index in [1.54, 1.807) is 6.07 Å². The standard InChI is InChI=1S/C8H11BrN2O2/c1-5(10)4-11-8(12)6-2-3-13-7(6)9/h2-3,5H,4,10H2,1H3,(H,11,12). The van der Waals surface area contributed by atoms with Gasteiger partial charge in [0.2, 0.25) is 0 Å². The van der Waals surface area contributed by atoms with E-state index in [0.29, 0.717) is 16.8 Å². The number of halogens is 1. The average Bonchev–Trinajstić information content (AvgIpc) is 2.47. The van der Waals surface area contributed by atoms with Gasteiger partial charge in [0, 0.05) is 12.6 Å². The quantitative estimate of drug-likeness (QED) is 0.840. The third-order valence-electron chi connectivity index (χ3n) is 1.45. The van der Waals surface area contributed by atoms with Crippen molar-refractivity contribution in [3.05, 3.63) is 22.6 Å². The van der Waals surface area contributed by atoms with Gasteiger partial charge in [0.25, 0.3) is 5.91 Å². The molecule has 0 aliphatic heterocycles. The Hall–Kier alpha value is -0.810. The fraction of sp³-hybridized carbons (Fsp3) is 0.375. The number of hydrogen-bond acceptors (Lipinski definition) is 3. The highest BCUT2D eigenvalue weighted by atomic mass is 79.9. The number of carbonyl (C=O) groups excluding carboxylic acids is 1. The molecule has 72 valence electrons. The van der Waals surface area contributed by atoms with Gasteiger partial charge in [0.05, 0.1) is 11.8 Å². The first-order chi connectivity index (χ1) is 6.11. The van der Waals surface area contributed by atoms with Gasteiger partial charge in [-0.1, -0.05) is 0 Å². The molecule has 0 saturated heterocycles. The van der Waals surface area contributed by atoms with Gasteiger partial charge < -0.3 is 15.5 Å². The molecule has 1 heterocycles. The summed E-state index contributed by atoms with van der Waals surface area (Å²) in [6.07, 6.45) is 1.45. The number of hydrogen-bond donors (Lipinski definition) is 2. The summed E-state index contributed by atoms with van der Waals surface area (Å²) in [7, 11) is 0. The van der Waals surface area contributed by atoms with E-state index >= 15 is 0 Å². The molecule has 1 aromatic heterocycles. The molecular weight excluding hydrogens is 236 g/mol. The van der Waals surface area contributed by atoms with E-state index in [2.05, 4.69) is 21.2 Å². The van der Waals surface area contributed by atoms with E-state index in [1.165, 1.54) is 6.26 Å². The van der Waals surface area contributed by atoms with Gasteiger partial charge in [-0.3, -0.25) is 4.79 Å². The van der Waals surface area contributed by atoms with Crippen LogP contribution in [0.5, 0.6) is 0 Å². The average molecular weight is 247 g/mol. The predicted octanol–water partition coefficient (Wildman–Crippen LogP) is 1.12. The molecule has 0 fully saturated rings. The summed E-state index contributed by atoms with van der Waals surface area (Å²) < 4.78 is 5.36. The highest BCUT2D eigenvalue weighted by Crippen LogP contribution is 2.16. The zero-order valence-corrected chi connectivity index (χ0v) is 8.80. The Morgan fingerprint density at radius 2 is 2.54 bits per heavy atom. The topological polar surface area (TPSA) is 68.3 Å². The van der Waals surface area contributed by atoms with E-state index in [4.69, 9.17) is 10.2 Å². The molecule has 0 radical (unpaired) electrons. The molecule has 1 unspecified atom stereocenters. The van der Waals surface area contributed by atoms with E-state index in [9.17, 15) is 4.79 Å². The molecule has 1 aromatic rings. The van der Waals surface area contributed by atoms with Crippen molar-refractivity contribution in [2.24, 2.45) is 5.73 Å². The van der Waals surface area contributed by atoms with Crippen molar-refractivity contribution < 1.29 is 9.21 Å². The van der Waals surface area contributed by atoms with Crippen molar-refractivity contribution in [1.82, 2.24) is 5.32 Å². The first-order valence-corrected chi connectivity index (χ1v) is 4.67. The van der Waals surface area contributed by atoms with E-state index < -0.39 is 0 Å². The van der Waals surface area contributed by atoms with Crippen LogP contribution in [-0.4, -0.2) is 18.5 Å².